The first-order chi connectivity index (χ1) is 7.04. The van der Waals surface area contributed by atoms with E-state index >= 15 is 0 Å². The molecule has 0 aliphatic rings. The van der Waals surface area contributed by atoms with Crippen molar-refractivity contribution < 1.29 is 19.1 Å². The third-order valence-electron chi connectivity index (χ3n) is 1.39. The van der Waals surface area contributed by atoms with Crippen LogP contribution in [0, 0.1) is 0 Å². The molecule has 0 amide bonds. The predicted molar refractivity (Wildman–Crippen MR) is 63.0 cm³/mol. The maximum absolute atomic E-state index is 11.3. The number of rotatable bonds is 6. The van der Waals surface area contributed by atoms with Crippen molar-refractivity contribution in [2.75, 3.05) is 5.33 Å². The zero-order chi connectivity index (χ0) is 11.8. The Morgan fingerprint density at radius 3 is 2.47 bits per heavy atom. The number of carbonyl (C=O) groups is 2. The molecule has 0 heterocycles. The quantitative estimate of drug-likeness (QED) is 0.321. The Bertz CT molecular complexity index is 242. The molecule has 0 aromatic rings. The van der Waals surface area contributed by atoms with Gasteiger partial charge in [0.05, 0.1) is 0 Å². The highest BCUT2D eigenvalue weighted by molar-refractivity contribution is 9.12. The van der Waals surface area contributed by atoms with Gasteiger partial charge in [-0.25, -0.2) is 4.79 Å². The number of ether oxygens (including phenoxy) is 2. The van der Waals surface area contributed by atoms with Crippen molar-refractivity contribution in [3.63, 3.8) is 0 Å². The van der Waals surface area contributed by atoms with Crippen LogP contribution in [0.3, 0.4) is 0 Å². The zero-order valence-electron chi connectivity index (χ0n) is 8.24. The summed E-state index contributed by atoms with van der Waals surface area (Å²) >= 11 is 6.22. The average molecular weight is 344 g/mol. The summed E-state index contributed by atoms with van der Waals surface area (Å²) in [6.45, 7) is 4.99. The van der Waals surface area contributed by atoms with Gasteiger partial charge in [-0.3, -0.25) is 4.79 Å². The Hall–Kier alpha value is -0.360. The van der Waals surface area contributed by atoms with Crippen LogP contribution in [-0.2, 0) is 19.1 Å². The van der Waals surface area contributed by atoms with Crippen molar-refractivity contribution in [2.24, 2.45) is 0 Å². The van der Waals surface area contributed by atoms with Crippen LogP contribution in [-0.4, -0.2) is 28.4 Å². The van der Waals surface area contributed by atoms with E-state index in [1.54, 1.807) is 6.92 Å². The zero-order valence-corrected chi connectivity index (χ0v) is 11.4. The summed E-state index contributed by atoms with van der Waals surface area (Å²) < 4.78 is 9.70. The lowest BCUT2D eigenvalue weighted by atomic mass is 10.4. The molecule has 0 rings (SSSR count). The molecule has 6 heteroatoms. The molecule has 0 saturated heterocycles. The summed E-state index contributed by atoms with van der Waals surface area (Å²) in [4.78, 5) is 21.7. The molecule has 0 bridgehead atoms. The monoisotopic (exact) mass is 342 g/mol. The molecule has 2 atom stereocenters. The van der Waals surface area contributed by atoms with Gasteiger partial charge in [0.2, 0.25) is 6.29 Å². The average Bonchev–Trinajstić information content (AvgIpc) is 2.26. The molecule has 0 radical (unpaired) electrons. The molecule has 0 saturated carbocycles. The normalized spacial score (nSPS) is 13.8. The van der Waals surface area contributed by atoms with E-state index in [1.165, 1.54) is 0 Å². The third-order valence-corrected chi connectivity index (χ3v) is 3.60. The van der Waals surface area contributed by atoms with Gasteiger partial charge in [-0.1, -0.05) is 45.4 Å². The highest BCUT2D eigenvalue weighted by atomic mass is 79.9. The van der Waals surface area contributed by atoms with E-state index in [9.17, 15) is 9.59 Å². The van der Waals surface area contributed by atoms with E-state index in [0.717, 1.165) is 6.08 Å². The van der Waals surface area contributed by atoms with E-state index in [4.69, 9.17) is 9.47 Å². The standard InChI is InChI=1S/C9H12Br2O4/c1-3-7(12)14-8(4-2)15-9(13)6(11)5-10/h3,6,8H,1,4-5H2,2H3. The summed E-state index contributed by atoms with van der Waals surface area (Å²) in [5.41, 5.74) is 0. The van der Waals surface area contributed by atoms with Gasteiger partial charge in [0.25, 0.3) is 0 Å². The number of esters is 2. The molecule has 86 valence electrons. The number of alkyl halides is 2. The molecule has 0 aliphatic heterocycles. The summed E-state index contributed by atoms with van der Waals surface area (Å²) in [7, 11) is 0. The SMILES string of the molecule is C=CC(=O)OC(CC)OC(=O)C(Br)CBr. The minimum Gasteiger partial charge on any atom is -0.424 e. The fraction of sp³-hybridized carbons (Fsp3) is 0.556. The van der Waals surface area contributed by atoms with Gasteiger partial charge in [0.15, 0.2) is 0 Å². The smallest absolute Gasteiger partial charge is 0.333 e. The van der Waals surface area contributed by atoms with Gasteiger partial charge >= 0.3 is 11.9 Å². The van der Waals surface area contributed by atoms with Crippen molar-refractivity contribution in [3.05, 3.63) is 12.7 Å². The van der Waals surface area contributed by atoms with Crippen LogP contribution >= 0.6 is 31.9 Å². The van der Waals surface area contributed by atoms with Crippen molar-refractivity contribution in [2.45, 2.75) is 24.5 Å². The van der Waals surface area contributed by atoms with Crippen LogP contribution in [0.25, 0.3) is 0 Å². The van der Waals surface area contributed by atoms with Gasteiger partial charge in [-0.2, -0.15) is 0 Å². The van der Waals surface area contributed by atoms with Crippen molar-refractivity contribution in [3.8, 4) is 0 Å². The molecule has 15 heavy (non-hydrogen) atoms. The third kappa shape index (κ3) is 5.94. The first-order valence-corrected chi connectivity index (χ1v) is 6.32. The molecule has 0 aliphatic carbocycles. The summed E-state index contributed by atoms with van der Waals surface area (Å²) in [6.07, 6.45) is 0.557. The summed E-state index contributed by atoms with van der Waals surface area (Å²) in [5.74, 6) is -1.09. The lowest BCUT2D eigenvalue weighted by Crippen LogP contribution is -2.28. The Labute approximate surface area is 105 Å². The van der Waals surface area contributed by atoms with Crippen molar-refractivity contribution in [1.29, 1.82) is 0 Å². The number of halogens is 2. The van der Waals surface area contributed by atoms with Gasteiger partial charge < -0.3 is 9.47 Å². The Balaban J connectivity index is 4.15. The second-order valence-electron chi connectivity index (χ2n) is 2.54. The van der Waals surface area contributed by atoms with Crippen LogP contribution in [0.2, 0.25) is 0 Å². The maximum Gasteiger partial charge on any atom is 0.333 e. The molecule has 0 fully saturated rings. The molecular formula is C9H12Br2O4. The lowest BCUT2D eigenvalue weighted by molar-refractivity contribution is -0.184. The van der Waals surface area contributed by atoms with E-state index in [1.807, 2.05) is 0 Å². The first-order valence-electron chi connectivity index (χ1n) is 4.28. The molecule has 0 aromatic carbocycles. The van der Waals surface area contributed by atoms with Gasteiger partial charge in [0.1, 0.15) is 4.83 Å². The Kier molecular flexibility index (Phi) is 7.68. The highest BCUT2D eigenvalue weighted by Gasteiger charge is 2.21. The Morgan fingerprint density at radius 1 is 1.47 bits per heavy atom. The molecule has 2 unspecified atom stereocenters. The lowest BCUT2D eigenvalue weighted by Gasteiger charge is -2.16. The number of hydrogen-bond acceptors (Lipinski definition) is 4. The van der Waals surface area contributed by atoms with Crippen LogP contribution in [0.1, 0.15) is 13.3 Å². The fourth-order valence-corrected chi connectivity index (χ4v) is 1.01. The summed E-state index contributed by atoms with van der Waals surface area (Å²) in [5, 5.41) is 0.428. The maximum atomic E-state index is 11.3. The largest absolute Gasteiger partial charge is 0.424 e. The molecule has 0 N–H and O–H groups in total. The predicted octanol–water partition coefficient (Wildman–Crippen LogP) is 2.15. The molecular weight excluding hydrogens is 332 g/mol. The molecule has 0 spiro atoms. The van der Waals surface area contributed by atoms with Gasteiger partial charge in [0, 0.05) is 17.8 Å². The van der Waals surface area contributed by atoms with Gasteiger partial charge in [-0.15, -0.1) is 0 Å². The van der Waals surface area contributed by atoms with E-state index < -0.39 is 23.1 Å². The molecule has 0 aromatic heterocycles. The van der Waals surface area contributed by atoms with Gasteiger partial charge in [-0.05, 0) is 0 Å². The molecule has 4 nitrogen and oxygen atoms in total. The Morgan fingerprint density at radius 2 is 2.07 bits per heavy atom. The topological polar surface area (TPSA) is 52.6 Å². The van der Waals surface area contributed by atoms with Crippen LogP contribution < -0.4 is 0 Å². The highest BCUT2D eigenvalue weighted by Crippen LogP contribution is 2.10. The van der Waals surface area contributed by atoms with Crippen LogP contribution in [0.15, 0.2) is 12.7 Å². The first kappa shape index (κ1) is 14.6. The van der Waals surface area contributed by atoms with Crippen molar-refractivity contribution in [1.82, 2.24) is 0 Å². The van der Waals surface area contributed by atoms with E-state index in [0.29, 0.717) is 11.8 Å². The van der Waals surface area contributed by atoms with Crippen LogP contribution in [0.4, 0.5) is 0 Å². The minimum atomic E-state index is -0.859. The van der Waals surface area contributed by atoms with E-state index in [-0.39, 0.29) is 0 Å². The number of hydrogen-bond donors (Lipinski definition) is 0. The second-order valence-corrected chi connectivity index (χ2v) is 4.29. The number of carbonyl (C=O) groups excluding carboxylic acids is 2. The van der Waals surface area contributed by atoms with Crippen LogP contribution in [0.5, 0.6) is 0 Å². The summed E-state index contributed by atoms with van der Waals surface area (Å²) in [6, 6.07) is 0. The van der Waals surface area contributed by atoms with E-state index in [2.05, 4.69) is 38.4 Å². The fourth-order valence-electron chi connectivity index (χ4n) is 0.635. The second kappa shape index (κ2) is 7.87. The van der Waals surface area contributed by atoms with Crippen molar-refractivity contribution >= 4 is 43.8 Å². The minimum absolute atomic E-state index is 0.396.